The number of hydrazone groups is 1. The molecule has 1 amide bonds. The summed E-state index contributed by atoms with van der Waals surface area (Å²) in [6, 6.07) is 8.99. The molecule has 1 N–H and O–H groups in total. The molecule has 0 bridgehead atoms. The normalized spacial score (nSPS) is 16.7. The van der Waals surface area contributed by atoms with E-state index in [2.05, 4.69) is 29.2 Å². The van der Waals surface area contributed by atoms with Crippen LogP contribution < -0.4 is 10.3 Å². The van der Waals surface area contributed by atoms with Gasteiger partial charge in [-0.2, -0.15) is 5.10 Å². The van der Waals surface area contributed by atoms with Crippen LogP contribution in [0.25, 0.3) is 0 Å². The minimum Gasteiger partial charge on any atom is -0.345 e. The summed E-state index contributed by atoms with van der Waals surface area (Å²) in [6.07, 6.45) is 0.310. The molecule has 1 aromatic heterocycles. The van der Waals surface area contributed by atoms with Gasteiger partial charge in [-0.05, 0) is 19.1 Å². The number of amides is 1. The molecule has 6 nitrogen and oxygen atoms in total. The summed E-state index contributed by atoms with van der Waals surface area (Å²) in [5.41, 5.74) is 2.01. The molecule has 0 fully saturated rings. The maximum Gasteiger partial charge on any atom is 0.267 e. The second-order valence-corrected chi connectivity index (χ2v) is 7.46. The number of rotatable bonds is 6. The summed E-state index contributed by atoms with van der Waals surface area (Å²) in [4.78, 5) is 29.0. The minimum atomic E-state index is -0.440. The molecule has 2 aromatic rings. The monoisotopic (exact) mass is 370 g/mol. The molecule has 136 valence electrons. The van der Waals surface area contributed by atoms with E-state index < -0.39 is 6.04 Å². The van der Waals surface area contributed by atoms with Crippen molar-refractivity contribution in [1.29, 1.82) is 0 Å². The summed E-state index contributed by atoms with van der Waals surface area (Å²) in [7, 11) is 0. The quantitative estimate of drug-likeness (QED) is 0.848. The van der Waals surface area contributed by atoms with Crippen LogP contribution in [0.15, 0.2) is 40.8 Å². The number of hydrogen-bond acceptors (Lipinski definition) is 6. The number of benzene rings is 1. The highest BCUT2D eigenvalue weighted by atomic mass is 32.1. The first-order valence-corrected chi connectivity index (χ1v) is 9.48. The Morgan fingerprint density at radius 3 is 2.65 bits per heavy atom. The standard InChI is InChI=1S/C19H22N4O2S/c1-12(2)19-21-14(11-26-19)10-20-18(25)16-9-17(13(3)24)23(22-16)15-7-5-4-6-8-15/h4-8,11-12,17H,9-10H2,1-3H3,(H,20,25). The first-order valence-electron chi connectivity index (χ1n) is 8.60. The third-order valence-electron chi connectivity index (χ3n) is 4.16. The Morgan fingerprint density at radius 2 is 2.04 bits per heavy atom. The number of nitrogens with one attached hydrogen (secondary N) is 1. The number of carbonyl (C=O) groups excluding carboxylic acids is 2. The summed E-state index contributed by atoms with van der Waals surface area (Å²) < 4.78 is 0. The zero-order chi connectivity index (χ0) is 18.7. The van der Waals surface area contributed by atoms with E-state index in [0.717, 1.165) is 16.4 Å². The molecule has 2 heterocycles. The van der Waals surface area contributed by atoms with Crippen molar-refractivity contribution in [2.24, 2.45) is 5.10 Å². The molecule has 0 aliphatic carbocycles. The SMILES string of the molecule is CC(=O)C1CC(C(=O)NCc2csc(C(C)C)n2)=NN1c1ccccc1. The Balaban J connectivity index is 1.69. The molecule has 0 radical (unpaired) electrons. The number of ketones is 1. The van der Waals surface area contributed by atoms with Crippen molar-refractivity contribution < 1.29 is 9.59 Å². The average molecular weight is 370 g/mol. The molecule has 1 unspecified atom stereocenters. The van der Waals surface area contributed by atoms with Crippen molar-refractivity contribution in [3.63, 3.8) is 0 Å². The Labute approximate surface area is 156 Å². The lowest BCUT2D eigenvalue weighted by Gasteiger charge is -2.20. The van der Waals surface area contributed by atoms with Crippen LogP contribution in [0, 0.1) is 0 Å². The van der Waals surface area contributed by atoms with Gasteiger partial charge in [-0.3, -0.25) is 14.6 Å². The molecule has 1 aliphatic heterocycles. The van der Waals surface area contributed by atoms with Crippen LogP contribution in [0.2, 0.25) is 0 Å². The van der Waals surface area contributed by atoms with E-state index in [0.29, 0.717) is 24.6 Å². The highest BCUT2D eigenvalue weighted by molar-refractivity contribution is 7.09. The van der Waals surface area contributed by atoms with Crippen LogP contribution in [0.4, 0.5) is 5.69 Å². The predicted molar refractivity (Wildman–Crippen MR) is 103 cm³/mol. The molecule has 1 aliphatic rings. The van der Waals surface area contributed by atoms with Crippen LogP contribution in [0.1, 0.15) is 43.8 Å². The zero-order valence-corrected chi connectivity index (χ0v) is 15.9. The highest BCUT2D eigenvalue weighted by Crippen LogP contribution is 2.25. The highest BCUT2D eigenvalue weighted by Gasteiger charge is 2.34. The van der Waals surface area contributed by atoms with Gasteiger partial charge in [-0.25, -0.2) is 4.98 Å². The van der Waals surface area contributed by atoms with Gasteiger partial charge in [0.25, 0.3) is 5.91 Å². The molecule has 26 heavy (non-hydrogen) atoms. The van der Waals surface area contributed by atoms with E-state index in [9.17, 15) is 9.59 Å². The minimum absolute atomic E-state index is 0.0125. The second kappa shape index (κ2) is 7.78. The van der Waals surface area contributed by atoms with Crippen LogP contribution in [-0.4, -0.2) is 28.4 Å². The zero-order valence-electron chi connectivity index (χ0n) is 15.1. The summed E-state index contributed by atoms with van der Waals surface area (Å²) in [5, 5.41) is 11.9. The summed E-state index contributed by atoms with van der Waals surface area (Å²) in [5.74, 6) is 0.106. The number of aromatic nitrogens is 1. The second-order valence-electron chi connectivity index (χ2n) is 6.57. The van der Waals surface area contributed by atoms with Gasteiger partial charge in [-0.15, -0.1) is 11.3 Å². The maximum absolute atomic E-state index is 12.5. The van der Waals surface area contributed by atoms with Gasteiger partial charge < -0.3 is 5.32 Å². The molecule has 0 spiro atoms. The van der Waals surface area contributed by atoms with Crippen molar-refractivity contribution in [3.8, 4) is 0 Å². The van der Waals surface area contributed by atoms with Gasteiger partial charge >= 0.3 is 0 Å². The lowest BCUT2D eigenvalue weighted by atomic mass is 10.1. The van der Waals surface area contributed by atoms with Crippen molar-refractivity contribution in [1.82, 2.24) is 10.3 Å². The fraction of sp³-hybridized carbons (Fsp3) is 0.368. The van der Waals surface area contributed by atoms with Crippen molar-refractivity contribution in [2.45, 2.75) is 45.7 Å². The molecule has 3 rings (SSSR count). The smallest absolute Gasteiger partial charge is 0.267 e. The first kappa shape index (κ1) is 18.3. The van der Waals surface area contributed by atoms with Gasteiger partial charge in [0.2, 0.25) is 0 Å². The molecule has 7 heteroatoms. The predicted octanol–water partition coefficient (Wildman–Crippen LogP) is 3.11. The molecule has 1 aromatic carbocycles. The third-order valence-corrected chi connectivity index (χ3v) is 5.35. The van der Waals surface area contributed by atoms with Gasteiger partial charge in [0.15, 0.2) is 5.78 Å². The van der Waals surface area contributed by atoms with Crippen molar-refractivity contribution >= 4 is 34.4 Å². The van der Waals surface area contributed by atoms with E-state index in [1.165, 1.54) is 6.92 Å². The van der Waals surface area contributed by atoms with Crippen LogP contribution in [0.3, 0.4) is 0 Å². The topological polar surface area (TPSA) is 74.7 Å². The first-order chi connectivity index (χ1) is 12.5. The Hall–Kier alpha value is -2.54. The van der Waals surface area contributed by atoms with E-state index in [4.69, 9.17) is 0 Å². The fourth-order valence-corrected chi connectivity index (χ4v) is 3.56. The number of Topliss-reactive ketones (excluding diaryl/α,β-unsaturated/α-hetero) is 1. The molecule has 1 atom stereocenters. The molecular formula is C19H22N4O2S. The van der Waals surface area contributed by atoms with E-state index >= 15 is 0 Å². The number of thiazole rings is 1. The average Bonchev–Trinajstić information content (AvgIpc) is 3.28. The lowest BCUT2D eigenvalue weighted by molar-refractivity contribution is -0.118. The van der Waals surface area contributed by atoms with Crippen molar-refractivity contribution in [2.75, 3.05) is 5.01 Å². The van der Waals surface area contributed by atoms with E-state index in [-0.39, 0.29) is 11.7 Å². The van der Waals surface area contributed by atoms with E-state index in [1.807, 2.05) is 35.7 Å². The molecule has 0 saturated heterocycles. The van der Waals surface area contributed by atoms with Crippen molar-refractivity contribution in [3.05, 3.63) is 46.4 Å². The summed E-state index contributed by atoms with van der Waals surface area (Å²) >= 11 is 1.60. The number of hydrogen-bond donors (Lipinski definition) is 1. The largest absolute Gasteiger partial charge is 0.345 e. The number of nitrogens with zero attached hydrogens (tertiary/aromatic N) is 3. The van der Waals surface area contributed by atoms with Gasteiger partial charge in [0.05, 0.1) is 22.9 Å². The Kier molecular flexibility index (Phi) is 5.46. The van der Waals surface area contributed by atoms with Gasteiger partial charge in [-0.1, -0.05) is 32.0 Å². The molecule has 0 saturated carbocycles. The number of para-hydroxylation sites is 1. The van der Waals surface area contributed by atoms with Crippen LogP contribution in [0.5, 0.6) is 0 Å². The van der Waals surface area contributed by atoms with Gasteiger partial charge in [0, 0.05) is 17.7 Å². The fourth-order valence-electron chi connectivity index (χ4n) is 2.72. The maximum atomic E-state index is 12.5. The van der Waals surface area contributed by atoms with E-state index in [1.54, 1.807) is 16.3 Å². The lowest BCUT2D eigenvalue weighted by Crippen LogP contribution is -2.34. The van der Waals surface area contributed by atoms with Crippen LogP contribution >= 0.6 is 11.3 Å². The third kappa shape index (κ3) is 3.99. The van der Waals surface area contributed by atoms with Crippen LogP contribution in [-0.2, 0) is 16.1 Å². The number of carbonyl (C=O) groups is 2. The van der Waals surface area contributed by atoms with Gasteiger partial charge in [0.1, 0.15) is 11.8 Å². The summed E-state index contributed by atoms with van der Waals surface area (Å²) in [6.45, 7) is 6.07. The molecular weight excluding hydrogens is 348 g/mol. The Bertz CT molecular complexity index is 829. The Morgan fingerprint density at radius 1 is 1.31 bits per heavy atom. The number of anilines is 1.